The van der Waals surface area contributed by atoms with Gasteiger partial charge in [-0.25, -0.2) is 0 Å². The molecule has 34 heavy (non-hydrogen) atoms. The minimum Gasteiger partial charge on any atom is -0.376 e. The molecule has 11 heteroatoms. The van der Waals surface area contributed by atoms with Crippen LogP contribution in [0.5, 0.6) is 0 Å². The molecule has 0 saturated carbocycles. The Morgan fingerprint density at radius 3 is 2.38 bits per heavy atom. The van der Waals surface area contributed by atoms with Crippen LogP contribution in [-0.4, -0.2) is 47.6 Å². The molecule has 0 radical (unpaired) electrons. The lowest BCUT2D eigenvalue weighted by Crippen LogP contribution is -2.53. The van der Waals surface area contributed by atoms with Crippen molar-refractivity contribution in [1.29, 1.82) is 5.26 Å². The lowest BCUT2D eigenvalue weighted by molar-refractivity contribution is -0.267. The van der Waals surface area contributed by atoms with E-state index in [2.05, 4.69) is 16.0 Å². The number of carbonyl (C=O) groups excluding carboxylic acids is 3. The smallest absolute Gasteiger partial charge is 0.376 e. The van der Waals surface area contributed by atoms with Gasteiger partial charge in [0.15, 0.2) is 5.60 Å². The molecular weight excluding hydrogens is 453 g/mol. The predicted octanol–water partition coefficient (Wildman–Crippen LogP) is 1.89. The van der Waals surface area contributed by atoms with Crippen LogP contribution in [0.2, 0.25) is 0 Å². The molecule has 4 N–H and O–H groups in total. The lowest BCUT2D eigenvalue weighted by atomic mass is 9.89. The summed E-state index contributed by atoms with van der Waals surface area (Å²) in [7, 11) is 0. The molecule has 1 aromatic rings. The first-order valence-corrected chi connectivity index (χ1v) is 11.0. The third kappa shape index (κ3) is 6.93. The molecule has 0 spiro atoms. The molecule has 0 aromatic heterocycles. The van der Waals surface area contributed by atoms with E-state index in [1.807, 2.05) is 6.07 Å². The van der Waals surface area contributed by atoms with Crippen LogP contribution in [0.4, 0.5) is 13.2 Å². The molecule has 1 aromatic carbocycles. The minimum atomic E-state index is -5.14. The van der Waals surface area contributed by atoms with E-state index < -0.39 is 53.6 Å². The van der Waals surface area contributed by atoms with E-state index in [9.17, 15) is 37.9 Å². The Morgan fingerprint density at radius 1 is 1.24 bits per heavy atom. The highest BCUT2D eigenvalue weighted by Gasteiger charge is 2.56. The van der Waals surface area contributed by atoms with E-state index in [0.29, 0.717) is 13.0 Å². The van der Waals surface area contributed by atoms with Gasteiger partial charge in [0.2, 0.25) is 17.7 Å². The molecule has 4 atom stereocenters. The summed E-state index contributed by atoms with van der Waals surface area (Å²) in [6.45, 7) is 3.99. The number of alkyl halides is 3. The number of amides is 3. The second-order valence-corrected chi connectivity index (χ2v) is 8.85. The lowest BCUT2D eigenvalue weighted by Gasteiger charge is -2.31. The summed E-state index contributed by atoms with van der Waals surface area (Å²) in [6, 6.07) is 5.90. The van der Waals surface area contributed by atoms with Crippen molar-refractivity contribution in [3.8, 4) is 6.07 Å². The van der Waals surface area contributed by atoms with Crippen LogP contribution in [0.25, 0.3) is 0 Å². The molecular formula is C23H29F3N4O4. The van der Waals surface area contributed by atoms with E-state index in [1.54, 1.807) is 13.8 Å². The van der Waals surface area contributed by atoms with Crippen molar-refractivity contribution < 1.29 is 32.7 Å². The zero-order valence-corrected chi connectivity index (χ0v) is 19.0. The summed E-state index contributed by atoms with van der Waals surface area (Å²) in [6.07, 6.45) is -5.79. The van der Waals surface area contributed by atoms with E-state index in [-0.39, 0.29) is 24.7 Å². The monoisotopic (exact) mass is 482 g/mol. The molecule has 0 unspecified atom stereocenters. The van der Waals surface area contributed by atoms with Crippen molar-refractivity contribution in [3.63, 3.8) is 0 Å². The molecule has 3 amide bonds. The van der Waals surface area contributed by atoms with Crippen LogP contribution >= 0.6 is 0 Å². The quantitative estimate of drug-likeness (QED) is 0.405. The number of aliphatic hydroxyl groups is 1. The maximum Gasteiger partial charge on any atom is 0.421 e. The Hall–Kier alpha value is -3.13. The fraction of sp³-hybridized carbons (Fsp3) is 0.565. The van der Waals surface area contributed by atoms with Crippen molar-refractivity contribution in [1.82, 2.24) is 16.0 Å². The first-order chi connectivity index (χ1) is 15.9. The van der Waals surface area contributed by atoms with Gasteiger partial charge >= 0.3 is 6.18 Å². The van der Waals surface area contributed by atoms with Crippen molar-refractivity contribution in [2.24, 2.45) is 11.8 Å². The van der Waals surface area contributed by atoms with Gasteiger partial charge in [-0.3, -0.25) is 14.4 Å². The topological polar surface area (TPSA) is 131 Å². The minimum absolute atomic E-state index is 0.0816. The number of hydrogen-bond acceptors (Lipinski definition) is 5. The predicted molar refractivity (Wildman–Crippen MR) is 116 cm³/mol. The van der Waals surface area contributed by atoms with Crippen molar-refractivity contribution in [2.75, 3.05) is 6.54 Å². The first-order valence-electron chi connectivity index (χ1n) is 11.0. The highest BCUT2D eigenvalue weighted by atomic mass is 19.4. The van der Waals surface area contributed by atoms with Crippen molar-refractivity contribution in [2.45, 2.75) is 63.4 Å². The van der Waals surface area contributed by atoms with Gasteiger partial charge in [-0.1, -0.05) is 44.2 Å². The molecule has 2 rings (SSSR count). The van der Waals surface area contributed by atoms with E-state index in [4.69, 9.17) is 0 Å². The summed E-state index contributed by atoms with van der Waals surface area (Å²) >= 11 is 0. The standard InChI is InChI=1S/C23H29F3N4O4/c1-14(2)10-18(21(33)29-17(13-27)11-15-8-9-28-20(15)32)30-19(31)12-22(34,23(24,25)26)16-6-4-3-5-7-16/h3-7,14-15,17-18,34H,8-12H2,1-2H3,(H,28,32)(H,29,33)(H,30,31)/t15-,17-,18-,22+/m0/s1. The number of nitrogens with zero attached hydrogens (tertiary/aromatic N) is 1. The highest BCUT2D eigenvalue weighted by Crippen LogP contribution is 2.41. The number of rotatable bonds is 10. The van der Waals surface area contributed by atoms with Gasteiger partial charge < -0.3 is 21.1 Å². The van der Waals surface area contributed by atoms with Gasteiger partial charge in [0.05, 0.1) is 12.5 Å². The van der Waals surface area contributed by atoms with Gasteiger partial charge in [0, 0.05) is 12.5 Å². The van der Waals surface area contributed by atoms with Crippen LogP contribution < -0.4 is 16.0 Å². The molecule has 1 heterocycles. The summed E-state index contributed by atoms with van der Waals surface area (Å²) < 4.78 is 41.2. The Balaban J connectivity index is 2.13. The number of nitrogens with one attached hydrogen (secondary N) is 3. The van der Waals surface area contributed by atoms with Crippen LogP contribution in [0.15, 0.2) is 30.3 Å². The van der Waals surface area contributed by atoms with Crippen LogP contribution in [0.1, 0.15) is 45.1 Å². The summed E-state index contributed by atoms with van der Waals surface area (Å²) in [5, 5.41) is 27.2. The molecule has 1 fully saturated rings. The number of hydrogen-bond donors (Lipinski definition) is 4. The molecule has 8 nitrogen and oxygen atoms in total. The summed E-state index contributed by atoms with van der Waals surface area (Å²) in [5.74, 6) is -2.69. The van der Waals surface area contributed by atoms with E-state index in [0.717, 1.165) is 12.1 Å². The van der Waals surface area contributed by atoms with Crippen LogP contribution in [-0.2, 0) is 20.0 Å². The van der Waals surface area contributed by atoms with Gasteiger partial charge in [-0.2, -0.15) is 18.4 Å². The summed E-state index contributed by atoms with van der Waals surface area (Å²) in [5.41, 5.74) is -3.94. The average molecular weight is 483 g/mol. The van der Waals surface area contributed by atoms with Crippen molar-refractivity contribution >= 4 is 17.7 Å². The number of benzene rings is 1. The zero-order chi connectivity index (χ0) is 25.5. The van der Waals surface area contributed by atoms with Gasteiger partial charge in [0.1, 0.15) is 12.1 Å². The van der Waals surface area contributed by atoms with Crippen LogP contribution in [0.3, 0.4) is 0 Å². The Morgan fingerprint density at radius 2 is 1.88 bits per heavy atom. The fourth-order valence-electron chi connectivity index (χ4n) is 3.83. The molecule has 0 bridgehead atoms. The third-order valence-corrected chi connectivity index (χ3v) is 5.65. The Labute approximate surface area is 195 Å². The molecule has 1 aliphatic rings. The maximum atomic E-state index is 13.7. The molecule has 1 saturated heterocycles. The largest absolute Gasteiger partial charge is 0.421 e. The van der Waals surface area contributed by atoms with Crippen LogP contribution in [0, 0.1) is 23.2 Å². The SMILES string of the molecule is CC(C)C[C@H](NC(=O)C[C@@](O)(c1ccccc1)C(F)(F)F)C(=O)N[C@H](C#N)C[C@@H]1CCNC1=O. The average Bonchev–Trinajstić information content (AvgIpc) is 3.16. The van der Waals surface area contributed by atoms with E-state index in [1.165, 1.54) is 18.2 Å². The summed E-state index contributed by atoms with van der Waals surface area (Å²) in [4.78, 5) is 37.2. The highest BCUT2D eigenvalue weighted by molar-refractivity contribution is 5.88. The zero-order valence-electron chi connectivity index (χ0n) is 19.0. The second-order valence-electron chi connectivity index (χ2n) is 8.85. The van der Waals surface area contributed by atoms with Gasteiger partial charge in [-0.05, 0) is 30.7 Å². The Kier molecular flexibility index (Phi) is 9.04. The molecule has 1 aliphatic heterocycles. The normalized spacial score (nSPS) is 19.5. The van der Waals surface area contributed by atoms with Gasteiger partial charge in [-0.15, -0.1) is 0 Å². The number of nitriles is 1. The van der Waals surface area contributed by atoms with E-state index >= 15 is 0 Å². The first kappa shape index (κ1) is 27.1. The number of halogens is 3. The van der Waals surface area contributed by atoms with Gasteiger partial charge in [0.25, 0.3) is 0 Å². The maximum absolute atomic E-state index is 13.7. The molecule has 186 valence electrons. The fourth-order valence-corrected chi connectivity index (χ4v) is 3.83. The Bertz CT molecular complexity index is 917. The number of carbonyl (C=O) groups is 3. The van der Waals surface area contributed by atoms with Crippen molar-refractivity contribution in [3.05, 3.63) is 35.9 Å². The molecule has 0 aliphatic carbocycles. The second kappa shape index (κ2) is 11.3. The third-order valence-electron chi connectivity index (χ3n) is 5.65.